The number of nitrogens with one attached hydrogen (secondary N) is 1. The zero-order valence-corrected chi connectivity index (χ0v) is 21.3. The molecule has 0 atom stereocenters. The van der Waals surface area contributed by atoms with Gasteiger partial charge in [-0.15, -0.1) is 24.0 Å². The summed E-state index contributed by atoms with van der Waals surface area (Å²) < 4.78 is 5.76. The van der Waals surface area contributed by atoms with E-state index in [2.05, 4.69) is 63.2 Å². The van der Waals surface area contributed by atoms with Crippen LogP contribution in [0.3, 0.4) is 0 Å². The second kappa shape index (κ2) is 13.5. The maximum Gasteiger partial charge on any atom is 0.193 e. The van der Waals surface area contributed by atoms with Crippen LogP contribution in [0.1, 0.15) is 37.3 Å². The highest BCUT2D eigenvalue weighted by Gasteiger charge is 2.21. The minimum atomic E-state index is 0. The van der Waals surface area contributed by atoms with E-state index in [1.807, 2.05) is 7.05 Å². The van der Waals surface area contributed by atoms with E-state index in [1.54, 1.807) is 0 Å². The summed E-state index contributed by atoms with van der Waals surface area (Å²) in [6.07, 6.45) is 3.83. The number of hydrogen-bond acceptors (Lipinski definition) is 4. The molecule has 2 fully saturated rings. The van der Waals surface area contributed by atoms with Gasteiger partial charge in [-0.1, -0.05) is 24.3 Å². The highest BCUT2D eigenvalue weighted by Crippen LogP contribution is 2.14. The quantitative estimate of drug-likeness (QED) is 0.349. The number of piperidine rings is 1. The molecule has 0 saturated carbocycles. The number of hydrogen-bond donors (Lipinski definition) is 1. The topological polar surface area (TPSA) is 43.3 Å². The smallest absolute Gasteiger partial charge is 0.193 e. The van der Waals surface area contributed by atoms with E-state index in [9.17, 15) is 0 Å². The van der Waals surface area contributed by atoms with Crippen molar-refractivity contribution in [2.75, 3.05) is 60.0 Å². The molecule has 1 aromatic carbocycles. The van der Waals surface area contributed by atoms with Crippen molar-refractivity contribution in [3.8, 4) is 0 Å². The summed E-state index contributed by atoms with van der Waals surface area (Å²) >= 11 is 0. The number of aliphatic imine (C=N–C) groups is 1. The van der Waals surface area contributed by atoms with Crippen molar-refractivity contribution in [1.29, 1.82) is 0 Å². The van der Waals surface area contributed by atoms with Gasteiger partial charge in [-0.05, 0) is 57.5 Å². The highest BCUT2D eigenvalue weighted by molar-refractivity contribution is 14.0. The van der Waals surface area contributed by atoms with Gasteiger partial charge in [-0.25, -0.2) is 0 Å². The summed E-state index contributed by atoms with van der Waals surface area (Å²) in [5.74, 6) is 0.998. The molecule has 170 valence electrons. The summed E-state index contributed by atoms with van der Waals surface area (Å²) in [6.45, 7) is 11.5. The van der Waals surface area contributed by atoms with Crippen molar-refractivity contribution < 1.29 is 4.74 Å². The summed E-state index contributed by atoms with van der Waals surface area (Å²) in [5, 5.41) is 3.54. The van der Waals surface area contributed by atoms with Crippen molar-refractivity contribution >= 4 is 29.9 Å². The monoisotopic (exact) mass is 529 g/mol. The first-order valence-corrected chi connectivity index (χ1v) is 11.2. The molecule has 0 bridgehead atoms. The van der Waals surface area contributed by atoms with Crippen LogP contribution in [0.4, 0.5) is 0 Å². The number of guanidine groups is 1. The van der Waals surface area contributed by atoms with Crippen molar-refractivity contribution in [3.05, 3.63) is 35.4 Å². The van der Waals surface area contributed by atoms with E-state index < -0.39 is 0 Å². The summed E-state index contributed by atoms with van der Waals surface area (Å²) in [4.78, 5) is 11.8. The normalized spacial score (nSPS) is 20.0. The van der Waals surface area contributed by atoms with Gasteiger partial charge in [0, 0.05) is 52.9 Å². The average molecular weight is 530 g/mol. The Morgan fingerprint density at radius 3 is 2.40 bits per heavy atom. The van der Waals surface area contributed by atoms with Gasteiger partial charge in [-0.2, -0.15) is 0 Å². The molecule has 2 aliphatic rings. The van der Waals surface area contributed by atoms with Gasteiger partial charge >= 0.3 is 0 Å². The average Bonchev–Trinajstić information content (AvgIpc) is 2.95. The Kier molecular flexibility index (Phi) is 11.4. The molecule has 1 N–H and O–H groups in total. The van der Waals surface area contributed by atoms with Crippen LogP contribution in [0.15, 0.2) is 29.3 Å². The number of ether oxygens (including phenoxy) is 1. The second-order valence-electron chi connectivity index (χ2n) is 8.29. The molecule has 0 spiro atoms. The minimum absolute atomic E-state index is 0. The van der Waals surface area contributed by atoms with E-state index >= 15 is 0 Å². The second-order valence-corrected chi connectivity index (χ2v) is 8.29. The predicted molar refractivity (Wildman–Crippen MR) is 136 cm³/mol. The Morgan fingerprint density at radius 1 is 1.03 bits per heavy atom. The van der Waals surface area contributed by atoms with Gasteiger partial charge in [0.25, 0.3) is 0 Å². The highest BCUT2D eigenvalue weighted by atomic mass is 127. The summed E-state index contributed by atoms with van der Waals surface area (Å²) in [7, 11) is 4.10. The van der Waals surface area contributed by atoms with Crippen LogP contribution in [0.5, 0.6) is 0 Å². The third kappa shape index (κ3) is 7.98. The SMILES string of the molecule is CCOC1CCN(C(=NC)NCc2ccc(CN3CCCN(C)CC3)cc2)CC1.I. The Bertz CT molecular complexity index is 631. The van der Waals surface area contributed by atoms with Gasteiger partial charge in [0.1, 0.15) is 0 Å². The molecule has 7 heteroatoms. The zero-order chi connectivity index (χ0) is 20.5. The molecule has 30 heavy (non-hydrogen) atoms. The zero-order valence-electron chi connectivity index (χ0n) is 19.0. The van der Waals surface area contributed by atoms with Gasteiger partial charge in [0.2, 0.25) is 0 Å². The molecule has 0 unspecified atom stereocenters. The molecule has 0 amide bonds. The first-order valence-electron chi connectivity index (χ1n) is 11.2. The number of benzene rings is 1. The van der Waals surface area contributed by atoms with E-state index in [4.69, 9.17) is 4.74 Å². The summed E-state index contributed by atoms with van der Waals surface area (Å²) in [5.41, 5.74) is 2.70. The van der Waals surface area contributed by atoms with Crippen LogP contribution < -0.4 is 5.32 Å². The van der Waals surface area contributed by atoms with Crippen molar-refractivity contribution in [3.63, 3.8) is 0 Å². The third-order valence-electron chi connectivity index (χ3n) is 6.05. The Balaban J connectivity index is 0.00000320. The Hall–Kier alpha value is -0.900. The third-order valence-corrected chi connectivity index (χ3v) is 6.05. The van der Waals surface area contributed by atoms with Crippen molar-refractivity contribution in [2.45, 2.75) is 45.4 Å². The van der Waals surface area contributed by atoms with E-state index in [0.717, 1.165) is 58.1 Å². The molecule has 1 aromatic rings. The predicted octanol–water partition coefficient (Wildman–Crippen LogP) is 3.02. The Labute approximate surface area is 200 Å². The number of rotatable bonds is 6. The number of halogens is 1. The lowest BCUT2D eigenvalue weighted by atomic mass is 10.1. The molecule has 2 aliphatic heterocycles. The van der Waals surface area contributed by atoms with Crippen LogP contribution in [-0.4, -0.2) is 86.7 Å². The standard InChI is InChI=1S/C23H39N5O.HI/c1-4-29-22-10-14-28(15-11-22)23(24-2)25-18-20-6-8-21(9-7-20)19-27-13-5-12-26(3)16-17-27;/h6-9,22H,4-5,10-19H2,1-3H3,(H,24,25);1H. The van der Waals surface area contributed by atoms with Crippen molar-refractivity contribution in [2.24, 2.45) is 4.99 Å². The van der Waals surface area contributed by atoms with E-state index in [0.29, 0.717) is 6.10 Å². The van der Waals surface area contributed by atoms with Crippen molar-refractivity contribution in [1.82, 2.24) is 20.0 Å². The fraction of sp³-hybridized carbons (Fsp3) is 0.696. The lowest BCUT2D eigenvalue weighted by Crippen LogP contribution is -2.46. The maximum absolute atomic E-state index is 5.76. The lowest BCUT2D eigenvalue weighted by Gasteiger charge is -2.34. The largest absolute Gasteiger partial charge is 0.378 e. The van der Waals surface area contributed by atoms with Gasteiger partial charge < -0.3 is 19.9 Å². The van der Waals surface area contributed by atoms with E-state index in [-0.39, 0.29) is 24.0 Å². The molecule has 0 radical (unpaired) electrons. The minimum Gasteiger partial charge on any atom is -0.378 e. The first kappa shape index (κ1) is 25.4. The molecule has 2 saturated heterocycles. The van der Waals surface area contributed by atoms with Gasteiger partial charge in [0.15, 0.2) is 5.96 Å². The van der Waals surface area contributed by atoms with Crippen LogP contribution in [0, 0.1) is 0 Å². The molecule has 0 aliphatic carbocycles. The first-order chi connectivity index (χ1) is 14.2. The molecular formula is C23H40IN5O. The molecular weight excluding hydrogens is 489 g/mol. The maximum atomic E-state index is 5.76. The fourth-order valence-electron chi connectivity index (χ4n) is 4.26. The number of likely N-dealkylation sites (N-methyl/N-ethyl adjacent to an activating group) is 1. The van der Waals surface area contributed by atoms with Crippen LogP contribution in [-0.2, 0) is 17.8 Å². The molecule has 2 heterocycles. The molecule has 3 rings (SSSR count). The summed E-state index contributed by atoms with van der Waals surface area (Å²) in [6, 6.07) is 9.06. The molecule has 6 nitrogen and oxygen atoms in total. The number of nitrogens with zero attached hydrogens (tertiary/aromatic N) is 4. The fourth-order valence-corrected chi connectivity index (χ4v) is 4.26. The molecule has 0 aromatic heterocycles. The van der Waals surface area contributed by atoms with Crippen LogP contribution in [0.2, 0.25) is 0 Å². The van der Waals surface area contributed by atoms with Gasteiger partial charge in [-0.3, -0.25) is 9.89 Å². The van der Waals surface area contributed by atoms with Gasteiger partial charge in [0.05, 0.1) is 6.10 Å². The Morgan fingerprint density at radius 2 is 1.73 bits per heavy atom. The van der Waals surface area contributed by atoms with Crippen LogP contribution in [0.25, 0.3) is 0 Å². The van der Waals surface area contributed by atoms with Crippen LogP contribution >= 0.6 is 24.0 Å². The number of likely N-dealkylation sites (tertiary alicyclic amines) is 1. The van der Waals surface area contributed by atoms with E-state index in [1.165, 1.54) is 37.2 Å². The lowest BCUT2D eigenvalue weighted by molar-refractivity contribution is 0.0263.